The fourth-order valence-electron chi connectivity index (χ4n) is 2.23. The van der Waals surface area contributed by atoms with Crippen LogP contribution in [0.1, 0.15) is 31.2 Å². The number of carbonyl (C=O) groups is 1. The van der Waals surface area contributed by atoms with Crippen LogP contribution in [-0.2, 0) is 9.53 Å². The Kier molecular flexibility index (Phi) is 4.78. The molecule has 1 saturated carbocycles. The van der Waals surface area contributed by atoms with Crippen molar-refractivity contribution in [2.24, 2.45) is 0 Å². The summed E-state index contributed by atoms with van der Waals surface area (Å²) < 4.78 is 5.99. The fraction of sp³-hybridized carbons (Fsp3) is 0.500. The minimum absolute atomic E-state index is 0.162. The standard InChI is InChI=1S/C14H18BrNO2/c1-2-18-14(17)9-16-13-7-11(8-13)10-3-5-12(15)6-4-10/h3-6,11,13,16H,2,7-9H2,1H3. The van der Waals surface area contributed by atoms with E-state index in [1.54, 1.807) is 0 Å². The molecule has 0 unspecified atom stereocenters. The van der Waals surface area contributed by atoms with Gasteiger partial charge in [-0.15, -0.1) is 0 Å². The van der Waals surface area contributed by atoms with Crippen molar-refractivity contribution in [1.82, 2.24) is 5.32 Å². The van der Waals surface area contributed by atoms with Gasteiger partial charge >= 0.3 is 5.97 Å². The Morgan fingerprint density at radius 2 is 2.06 bits per heavy atom. The van der Waals surface area contributed by atoms with Gasteiger partial charge in [-0.3, -0.25) is 4.79 Å². The van der Waals surface area contributed by atoms with Gasteiger partial charge in [0.1, 0.15) is 0 Å². The van der Waals surface area contributed by atoms with E-state index in [9.17, 15) is 4.79 Å². The van der Waals surface area contributed by atoms with Crippen molar-refractivity contribution >= 4 is 21.9 Å². The van der Waals surface area contributed by atoms with E-state index >= 15 is 0 Å². The van der Waals surface area contributed by atoms with Gasteiger partial charge in [0.25, 0.3) is 0 Å². The lowest BCUT2D eigenvalue weighted by atomic mass is 9.76. The van der Waals surface area contributed by atoms with E-state index in [1.807, 2.05) is 6.92 Å². The van der Waals surface area contributed by atoms with Crippen LogP contribution in [-0.4, -0.2) is 25.2 Å². The highest BCUT2D eigenvalue weighted by Crippen LogP contribution is 2.37. The molecule has 1 N–H and O–H groups in total. The molecular formula is C14H18BrNO2. The molecule has 0 spiro atoms. The zero-order valence-electron chi connectivity index (χ0n) is 10.5. The molecule has 1 aromatic rings. The highest BCUT2D eigenvalue weighted by atomic mass is 79.9. The lowest BCUT2D eigenvalue weighted by Crippen LogP contribution is -2.42. The van der Waals surface area contributed by atoms with Gasteiger partial charge in [0.2, 0.25) is 0 Å². The van der Waals surface area contributed by atoms with Crippen molar-refractivity contribution in [2.45, 2.75) is 31.7 Å². The zero-order valence-corrected chi connectivity index (χ0v) is 12.1. The van der Waals surface area contributed by atoms with E-state index in [0.29, 0.717) is 25.1 Å². The molecule has 1 aliphatic carbocycles. The maximum Gasteiger partial charge on any atom is 0.319 e. The third-order valence-electron chi connectivity index (χ3n) is 3.32. The molecule has 2 rings (SSSR count). The van der Waals surface area contributed by atoms with Crippen molar-refractivity contribution in [3.63, 3.8) is 0 Å². The van der Waals surface area contributed by atoms with Gasteiger partial charge in [0.15, 0.2) is 0 Å². The van der Waals surface area contributed by atoms with Crippen molar-refractivity contribution in [3.8, 4) is 0 Å². The molecular weight excluding hydrogens is 294 g/mol. The van der Waals surface area contributed by atoms with Crippen LogP contribution < -0.4 is 5.32 Å². The van der Waals surface area contributed by atoms with Crippen molar-refractivity contribution in [3.05, 3.63) is 34.3 Å². The predicted octanol–water partition coefficient (Wildman–Crippen LogP) is 2.85. The molecule has 18 heavy (non-hydrogen) atoms. The summed E-state index contributed by atoms with van der Waals surface area (Å²) in [6.45, 7) is 2.60. The topological polar surface area (TPSA) is 38.3 Å². The first-order chi connectivity index (χ1) is 8.69. The normalized spacial score (nSPS) is 22.3. The van der Waals surface area contributed by atoms with Crippen molar-refractivity contribution in [2.75, 3.05) is 13.2 Å². The second kappa shape index (κ2) is 6.34. The van der Waals surface area contributed by atoms with E-state index in [1.165, 1.54) is 5.56 Å². The lowest BCUT2D eigenvalue weighted by molar-refractivity contribution is -0.142. The summed E-state index contributed by atoms with van der Waals surface area (Å²) in [6, 6.07) is 8.93. The van der Waals surface area contributed by atoms with Gasteiger partial charge in [0.05, 0.1) is 13.2 Å². The average Bonchev–Trinajstić information content (AvgIpc) is 2.29. The smallest absolute Gasteiger partial charge is 0.319 e. The number of halogens is 1. The third kappa shape index (κ3) is 3.56. The quantitative estimate of drug-likeness (QED) is 0.850. The van der Waals surface area contributed by atoms with Gasteiger partial charge in [-0.1, -0.05) is 28.1 Å². The van der Waals surface area contributed by atoms with Gasteiger partial charge in [-0.2, -0.15) is 0 Å². The molecule has 0 bridgehead atoms. The van der Waals surface area contributed by atoms with Crippen LogP contribution in [0.4, 0.5) is 0 Å². The summed E-state index contributed by atoms with van der Waals surface area (Å²) in [5.41, 5.74) is 1.38. The Bertz CT molecular complexity index is 399. The summed E-state index contributed by atoms with van der Waals surface area (Å²) in [7, 11) is 0. The molecule has 0 heterocycles. The highest BCUT2D eigenvalue weighted by Gasteiger charge is 2.30. The SMILES string of the molecule is CCOC(=O)CNC1CC(c2ccc(Br)cc2)C1. The monoisotopic (exact) mass is 311 g/mol. The minimum Gasteiger partial charge on any atom is -0.465 e. The molecule has 1 aromatic carbocycles. The number of hydrogen-bond acceptors (Lipinski definition) is 3. The van der Waals surface area contributed by atoms with Crippen LogP contribution >= 0.6 is 15.9 Å². The van der Waals surface area contributed by atoms with E-state index < -0.39 is 0 Å². The molecule has 4 heteroatoms. The van der Waals surface area contributed by atoms with Crippen LogP contribution in [0.15, 0.2) is 28.7 Å². The van der Waals surface area contributed by atoms with Crippen molar-refractivity contribution in [1.29, 1.82) is 0 Å². The Labute approximate surface area is 116 Å². The summed E-state index contributed by atoms with van der Waals surface area (Å²) in [4.78, 5) is 11.2. The van der Waals surface area contributed by atoms with Crippen LogP contribution in [0.5, 0.6) is 0 Å². The minimum atomic E-state index is -0.162. The summed E-state index contributed by atoms with van der Waals surface area (Å²) in [6.07, 6.45) is 2.20. The highest BCUT2D eigenvalue weighted by molar-refractivity contribution is 9.10. The molecule has 1 aliphatic rings. The number of benzene rings is 1. The zero-order chi connectivity index (χ0) is 13.0. The number of rotatable bonds is 5. The van der Waals surface area contributed by atoms with Gasteiger partial charge in [-0.05, 0) is 43.4 Å². The maximum atomic E-state index is 11.2. The Morgan fingerprint density at radius 1 is 1.39 bits per heavy atom. The molecule has 0 aliphatic heterocycles. The van der Waals surface area contributed by atoms with Gasteiger partial charge < -0.3 is 10.1 Å². The lowest BCUT2D eigenvalue weighted by Gasteiger charge is -2.36. The van der Waals surface area contributed by atoms with Gasteiger partial charge in [0, 0.05) is 10.5 Å². The van der Waals surface area contributed by atoms with Gasteiger partial charge in [-0.25, -0.2) is 0 Å². The summed E-state index contributed by atoms with van der Waals surface area (Å²) >= 11 is 3.44. The molecule has 98 valence electrons. The van der Waals surface area contributed by atoms with E-state index in [-0.39, 0.29) is 5.97 Å². The molecule has 1 fully saturated rings. The Hall–Kier alpha value is -0.870. The van der Waals surface area contributed by atoms with E-state index in [2.05, 4.69) is 45.5 Å². The molecule has 3 nitrogen and oxygen atoms in total. The van der Waals surface area contributed by atoms with Crippen molar-refractivity contribution < 1.29 is 9.53 Å². The first kappa shape index (κ1) is 13.6. The second-order valence-corrected chi connectivity index (χ2v) is 5.52. The van der Waals surface area contributed by atoms with Crippen LogP contribution in [0.25, 0.3) is 0 Å². The average molecular weight is 312 g/mol. The Morgan fingerprint density at radius 3 is 2.67 bits per heavy atom. The number of esters is 1. The second-order valence-electron chi connectivity index (χ2n) is 4.60. The third-order valence-corrected chi connectivity index (χ3v) is 3.85. The largest absolute Gasteiger partial charge is 0.465 e. The summed E-state index contributed by atoms with van der Waals surface area (Å²) in [5.74, 6) is 0.461. The number of carbonyl (C=O) groups excluding carboxylic acids is 1. The molecule has 0 amide bonds. The number of ether oxygens (including phenoxy) is 1. The maximum absolute atomic E-state index is 11.2. The molecule has 0 saturated heterocycles. The van der Waals surface area contributed by atoms with E-state index in [0.717, 1.165) is 17.3 Å². The van der Waals surface area contributed by atoms with Crippen LogP contribution in [0, 0.1) is 0 Å². The Balaban J connectivity index is 1.70. The van der Waals surface area contributed by atoms with Crippen LogP contribution in [0.3, 0.4) is 0 Å². The molecule has 0 radical (unpaired) electrons. The molecule has 0 atom stereocenters. The first-order valence-corrected chi connectivity index (χ1v) is 7.12. The van der Waals surface area contributed by atoms with E-state index in [4.69, 9.17) is 4.74 Å². The number of hydrogen-bond donors (Lipinski definition) is 1. The fourth-order valence-corrected chi connectivity index (χ4v) is 2.50. The predicted molar refractivity (Wildman–Crippen MR) is 74.5 cm³/mol. The number of nitrogens with one attached hydrogen (secondary N) is 1. The first-order valence-electron chi connectivity index (χ1n) is 6.33. The molecule has 0 aromatic heterocycles. The van der Waals surface area contributed by atoms with Crippen LogP contribution in [0.2, 0.25) is 0 Å². The summed E-state index contributed by atoms with van der Waals surface area (Å²) in [5, 5.41) is 3.23.